The van der Waals surface area contributed by atoms with Crippen LogP contribution in [-0.2, 0) is 5.54 Å². The van der Waals surface area contributed by atoms with Gasteiger partial charge in [-0.2, -0.15) is 0 Å². The van der Waals surface area contributed by atoms with E-state index in [9.17, 15) is 4.79 Å². The van der Waals surface area contributed by atoms with Gasteiger partial charge in [0.2, 0.25) is 0 Å². The maximum absolute atomic E-state index is 10.7. The Kier molecular flexibility index (Phi) is 2.33. The largest absolute Gasteiger partial charge is 0.346 e. The zero-order chi connectivity index (χ0) is 10.2. The number of rotatable bonds is 1. The number of aromatic nitrogens is 1. The fourth-order valence-electron chi connectivity index (χ4n) is 1.54. The van der Waals surface area contributed by atoms with Crippen LogP contribution in [0.4, 0.5) is 0 Å². The molecule has 2 heteroatoms. The van der Waals surface area contributed by atoms with Gasteiger partial charge in [-0.15, -0.1) is 0 Å². The van der Waals surface area contributed by atoms with Gasteiger partial charge in [-0.25, -0.2) is 0 Å². The van der Waals surface area contributed by atoms with Gasteiger partial charge in [-0.05, 0) is 40.2 Å². The Bertz CT molecular complexity index is 329. The molecule has 0 atom stereocenters. The van der Waals surface area contributed by atoms with Crippen LogP contribution < -0.4 is 0 Å². The van der Waals surface area contributed by atoms with E-state index in [0.717, 1.165) is 17.4 Å². The number of carbonyl (C=O) groups is 1. The lowest BCUT2D eigenvalue weighted by Gasteiger charge is -2.23. The second kappa shape index (κ2) is 3.02. The Balaban J connectivity index is 3.33. The Morgan fingerprint density at radius 1 is 1.31 bits per heavy atom. The number of nitrogens with zero attached hydrogens (tertiary/aromatic N) is 1. The molecule has 0 N–H and O–H groups in total. The highest BCUT2D eigenvalue weighted by Gasteiger charge is 2.17. The molecule has 1 aromatic rings. The average molecular weight is 179 g/mol. The number of carbonyl (C=O) groups excluding carboxylic acids is 1. The van der Waals surface area contributed by atoms with Crippen LogP contribution in [0, 0.1) is 13.8 Å². The van der Waals surface area contributed by atoms with Crippen molar-refractivity contribution >= 4 is 6.29 Å². The zero-order valence-corrected chi connectivity index (χ0v) is 9.01. The lowest BCUT2D eigenvalue weighted by molar-refractivity contribution is 0.112. The fraction of sp³-hybridized carbons (Fsp3) is 0.545. The molecule has 72 valence electrons. The molecule has 1 rings (SSSR count). The molecule has 0 aromatic carbocycles. The molecule has 2 nitrogen and oxygen atoms in total. The molecule has 0 aliphatic carbocycles. The molecule has 1 aromatic heterocycles. The SMILES string of the molecule is Cc1c(C=O)cn(C(C)(C)C)c1C. The summed E-state index contributed by atoms with van der Waals surface area (Å²) < 4.78 is 2.14. The summed E-state index contributed by atoms with van der Waals surface area (Å²) in [5.41, 5.74) is 3.11. The van der Waals surface area contributed by atoms with E-state index in [-0.39, 0.29) is 5.54 Å². The highest BCUT2D eigenvalue weighted by atomic mass is 16.1. The molecular weight excluding hydrogens is 162 g/mol. The van der Waals surface area contributed by atoms with Crippen LogP contribution in [0.15, 0.2) is 6.20 Å². The average Bonchev–Trinajstić information content (AvgIpc) is 2.28. The Hall–Kier alpha value is -1.05. The van der Waals surface area contributed by atoms with Crippen LogP contribution >= 0.6 is 0 Å². The van der Waals surface area contributed by atoms with Gasteiger partial charge in [0.25, 0.3) is 0 Å². The zero-order valence-electron chi connectivity index (χ0n) is 9.01. The Labute approximate surface area is 79.6 Å². The molecule has 0 saturated carbocycles. The summed E-state index contributed by atoms with van der Waals surface area (Å²) in [5, 5.41) is 0. The van der Waals surface area contributed by atoms with Crippen LogP contribution in [0.5, 0.6) is 0 Å². The van der Waals surface area contributed by atoms with Crippen molar-refractivity contribution in [2.24, 2.45) is 0 Å². The minimum absolute atomic E-state index is 0.0517. The molecule has 0 amide bonds. The van der Waals surface area contributed by atoms with Crippen molar-refractivity contribution in [2.45, 2.75) is 40.2 Å². The maximum atomic E-state index is 10.7. The lowest BCUT2D eigenvalue weighted by Crippen LogP contribution is -2.22. The topological polar surface area (TPSA) is 22.0 Å². The van der Waals surface area contributed by atoms with Crippen molar-refractivity contribution in [1.29, 1.82) is 0 Å². The normalized spacial score (nSPS) is 11.8. The van der Waals surface area contributed by atoms with Crippen LogP contribution in [0.25, 0.3) is 0 Å². The van der Waals surface area contributed by atoms with Gasteiger partial charge in [0.1, 0.15) is 0 Å². The van der Waals surface area contributed by atoms with Crippen molar-refractivity contribution in [3.8, 4) is 0 Å². The van der Waals surface area contributed by atoms with E-state index in [1.807, 2.05) is 20.0 Å². The summed E-state index contributed by atoms with van der Waals surface area (Å²) >= 11 is 0. The molecule has 0 bridgehead atoms. The molecule has 0 aliphatic rings. The van der Waals surface area contributed by atoms with E-state index in [2.05, 4.69) is 25.3 Å². The molecule has 0 aliphatic heterocycles. The van der Waals surface area contributed by atoms with E-state index in [0.29, 0.717) is 0 Å². The molecule has 0 unspecified atom stereocenters. The van der Waals surface area contributed by atoms with Gasteiger partial charge in [-0.1, -0.05) is 0 Å². The van der Waals surface area contributed by atoms with E-state index in [4.69, 9.17) is 0 Å². The Morgan fingerprint density at radius 2 is 1.85 bits per heavy atom. The molecule has 1 heterocycles. The molecular formula is C11H17NO. The van der Waals surface area contributed by atoms with E-state index in [1.165, 1.54) is 5.69 Å². The third-order valence-electron chi connectivity index (χ3n) is 2.45. The molecule has 13 heavy (non-hydrogen) atoms. The van der Waals surface area contributed by atoms with Crippen LogP contribution in [0.1, 0.15) is 42.4 Å². The summed E-state index contributed by atoms with van der Waals surface area (Å²) in [6.07, 6.45) is 2.85. The first-order chi connectivity index (χ1) is 5.88. The van der Waals surface area contributed by atoms with Crippen molar-refractivity contribution in [1.82, 2.24) is 4.57 Å². The minimum atomic E-state index is 0.0517. The summed E-state index contributed by atoms with van der Waals surface area (Å²) in [6.45, 7) is 10.4. The van der Waals surface area contributed by atoms with Gasteiger partial charge >= 0.3 is 0 Å². The third-order valence-corrected chi connectivity index (χ3v) is 2.45. The molecule has 0 fully saturated rings. The number of aldehydes is 1. The first kappa shape index (κ1) is 10.0. The van der Waals surface area contributed by atoms with Crippen molar-refractivity contribution in [3.63, 3.8) is 0 Å². The standard InChI is InChI=1S/C11H17NO/c1-8-9(2)12(11(3,4)5)6-10(8)7-13/h6-7H,1-5H3. The second-order valence-electron chi connectivity index (χ2n) is 4.45. The lowest BCUT2D eigenvalue weighted by atomic mass is 10.1. The monoisotopic (exact) mass is 179 g/mol. The number of hydrogen-bond acceptors (Lipinski definition) is 1. The summed E-state index contributed by atoms with van der Waals surface area (Å²) in [5.74, 6) is 0. The maximum Gasteiger partial charge on any atom is 0.151 e. The predicted molar refractivity (Wildman–Crippen MR) is 54.3 cm³/mol. The van der Waals surface area contributed by atoms with Crippen molar-refractivity contribution < 1.29 is 4.79 Å². The quantitative estimate of drug-likeness (QED) is 0.607. The third kappa shape index (κ3) is 1.67. The summed E-state index contributed by atoms with van der Waals surface area (Å²) in [6, 6.07) is 0. The molecule has 0 saturated heterocycles. The van der Waals surface area contributed by atoms with Crippen molar-refractivity contribution in [2.75, 3.05) is 0 Å². The second-order valence-corrected chi connectivity index (χ2v) is 4.45. The predicted octanol–water partition coefficient (Wildman–Crippen LogP) is 2.67. The van der Waals surface area contributed by atoms with Gasteiger partial charge in [0.15, 0.2) is 6.29 Å². The summed E-state index contributed by atoms with van der Waals surface area (Å²) in [4.78, 5) is 10.7. The van der Waals surface area contributed by atoms with Gasteiger partial charge in [-0.3, -0.25) is 4.79 Å². The highest BCUT2D eigenvalue weighted by Crippen LogP contribution is 2.22. The fourth-order valence-corrected chi connectivity index (χ4v) is 1.54. The first-order valence-electron chi connectivity index (χ1n) is 4.52. The molecule has 0 spiro atoms. The highest BCUT2D eigenvalue weighted by molar-refractivity contribution is 5.77. The van der Waals surface area contributed by atoms with Crippen LogP contribution in [-0.4, -0.2) is 10.9 Å². The van der Waals surface area contributed by atoms with Crippen LogP contribution in [0.3, 0.4) is 0 Å². The van der Waals surface area contributed by atoms with E-state index < -0.39 is 0 Å². The number of hydrogen-bond donors (Lipinski definition) is 0. The van der Waals surface area contributed by atoms with Crippen molar-refractivity contribution in [3.05, 3.63) is 23.0 Å². The van der Waals surface area contributed by atoms with E-state index in [1.54, 1.807) is 0 Å². The van der Waals surface area contributed by atoms with E-state index >= 15 is 0 Å². The van der Waals surface area contributed by atoms with Gasteiger partial charge < -0.3 is 4.57 Å². The summed E-state index contributed by atoms with van der Waals surface area (Å²) in [7, 11) is 0. The van der Waals surface area contributed by atoms with Gasteiger partial charge in [0, 0.05) is 23.0 Å². The van der Waals surface area contributed by atoms with Gasteiger partial charge in [0.05, 0.1) is 0 Å². The first-order valence-corrected chi connectivity index (χ1v) is 4.52. The minimum Gasteiger partial charge on any atom is -0.346 e. The van der Waals surface area contributed by atoms with Crippen LogP contribution in [0.2, 0.25) is 0 Å². The smallest absolute Gasteiger partial charge is 0.151 e. The molecule has 0 radical (unpaired) electrons. The Morgan fingerprint density at radius 3 is 2.08 bits per heavy atom.